The molecule has 0 atom stereocenters. The van der Waals surface area contributed by atoms with Gasteiger partial charge in [0, 0.05) is 5.02 Å². The molecule has 5 nitrogen and oxygen atoms in total. The molecule has 0 spiro atoms. The summed E-state index contributed by atoms with van der Waals surface area (Å²) < 4.78 is 36.5. The summed E-state index contributed by atoms with van der Waals surface area (Å²) in [7, 11) is -4.01. The highest BCUT2D eigenvalue weighted by Gasteiger charge is 2.17. The Labute approximate surface area is 125 Å². The van der Waals surface area contributed by atoms with E-state index in [1.807, 2.05) is 0 Å². The number of primary sulfonamides is 1. The third-order valence-electron chi connectivity index (χ3n) is 2.62. The van der Waals surface area contributed by atoms with Gasteiger partial charge in [-0.25, -0.2) is 17.9 Å². The Kier molecular flexibility index (Phi) is 4.26. The number of anilines is 1. The number of carbonyl (C=O) groups is 1. The average Bonchev–Trinajstić information content (AvgIpc) is 2.37. The lowest BCUT2D eigenvalue weighted by atomic mass is 10.2. The van der Waals surface area contributed by atoms with E-state index in [0.717, 1.165) is 6.07 Å². The molecule has 0 saturated heterocycles. The number of sulfonamides is 1. The van der Waals surface area contributed by atoms with Crippen molar-refractivity contribution in [1.29, 1.82) is 0 Å². The monoisotopic (exact) mass is 328 g/mol. The van der Waals surface area contributed by atoms with Gasteiger partial charge in [-0.15, -0.1) is 0 Å². The van der Waals surface area contributed by atoms with E-state index in [0.29, 0.717) is 0 Å². The number of hydrogen-bond acceptors (Lipinski definition) is 3. The number of nitrogens with two attached hydrogens (primary N) is 1. The van der Waals surface area contributed by atoms with Crippen LogP contribution in [0.25, 0.3) is 0 Å². The normalized spacial score (nSPS) is 11.2. The molecular weight excluding hydrogens is 319 g/mol. The molecule has 110 valence electrons. The van der Waals surface area contributed by atoms with E-state index in [-0.39, 0.29) is 21.2 Å². The zero-order chi connectivity index (χ0) is 15.6. The average molecular weight is 329 g/mol. The summed E-state index contributed by atoms with van der Waals surface area (Å²) in [5, 5.41) is 7.51. The Morgan fingerprint density at radius 3 is 2.48 bits per heavy atom. The second-order valence-electron chi connectivity index (χ2n) is 4.12. The number of halogens is 2. The molecule has 1 amide bonds. The van der Waals surface area contributed by atoms with E-state index in [1.165, 1.54) is 36.4 Å². The molecule has 0 unspecified atom stereocenters. The van der Waals surface area contributed by atoms with E-state index in [2.05, 4.69) is 5.32 Å². The fourth-order valence-electron chi connectivity index (χ4n) is 1.68. The number of para-hydroxylation sites is 1. The molecule has 0 saturated carbocycles. The highest BCUT2D eigenvalue weighted by Crippen LogP contribution is 2.21. The zero-order valence-electron chi connectivity index (χ0n) is 10.5. The van der Waals surface area contributed by atoms with Crippen LogP contribution in [0, 0.1) is 5.82 Å². The van der Waals surface area contributed by atoms with Gasteiger partial charge in [-0.1, -0.05) is 23.7 Å². The molecule has 0 aliphatic carbocycles. The van der Waals surface area contributed by atoms with Crippen molar-refractivity contribution >= 4 is 33.2 Å². The summed E-state index contributed by atoms with van der Waals surface area (Å²) in [5.74, 6) is -1.62. The van der Waals surface area contributed by atoms with Gasteiger partial charge in [-0.2, -0.15) is 0 Å². The minimum Gasteiger partial charge on any atom is -0.321 e. The molecule has 0 fully saturated rings. The molecule has 2 aromatic rings. The van der Waals surface area contributed by atoms with Gasteiger partial charge < -0.3 is 5.32 Å². The summed E-state index contributed by atoms with van der Waals surface area (Å²) >= 11 is 5.60. The van der Waals surface area contributed by atoms with Crippen LogP contribution >= 0.6 is 11.6 Å². The SMILES string of the molecule is NS(=O)(=O)c1ccccc1NC(=O)c1ccc(Cl)cc1F. The largest absolute Gasteiger partial charge is 0.321 e. The summed E-state index contributed by atoms with van der Waals surface area (Å²) in [6.07, 6.45) is 0. The van der Waals surface area contributed by atoms with Crippen LogP contribution in [0.3, 0.4) is 0 Å². The number of nitrogens with one attached hydrogen (secondary N) is 1. The summed E-state index contributed by atoms with van der Waals surface area (Å²) in [5.41, 5.74) is -0.289. The van der Waals surface area contributed by atoms with Crippen molar-refractivity contribution in [2.75, 3.05) is 5.32 Å². The molecule has 0 aliphatic heterocycles. The second kappa shape index (κ2) is 5.80. The van der Waals surface area contributed by atoms with Gasteiger partial charge in [-0.05, 0) is 30.3 Å². The molecule has 0 aliphatic rings. The van der Waals surface area contributed by atoms with E-state index in [1.54, 1.807) is 0 Å². The summed E-state index contributed by atoms with van der Waals surface area (Å²) in [6, 6.07) is 9.11. The van der Waals surface area contributed by atoms with Crippen molar-refractivity contribution in [1.82, 2.24) is 0 Å². The van der Waals surface area contributed by atoms with E-state index < -0.39 is 21.7 Å². The summed E-state index contributed by atoms with van der Waals surface area (Å²) in [4.78, 5) is 11.7. The van der Waals surface area contributed by atoms with Crippen LogP contribution < -0.4 is 10.5 Å². The van der Waals surface area contributed by atoms with Crippen LogP contribution in [0.4, 0.5) is 10.1 Å². The van der Waals surface area contributed by atoms with Crippen molar-refractivity contribution in [3.63, 3.8) is 0 Å². The Morgan fingerprint density at radius 1 is 1.19 bits per heavy atom. The zero-order valence-corrected chi connectivity index (χ0v) is 12.1. The van der Waals surface area contributed by atoms with Crippen molar-refractivity contribution in [2.24, 2.45) is 5.14 Å². The van der Waals surface area contributed by atoms with Crippen LogP contribution in [0.2, 0.25) is 5.02 Å². The van der Waals surface area contributed by atoms with Gasteiger partial charge >= 0.3 is 0 Å². The maximum absolute atomic E-state index is 13.6. The fraction of sp³-hybridized carbons (Fsp3) is 0. The highest BCUT2D eigenvalue weighted by atomic mass is 35.5. The maximum Gasteiger partial charge on any atom is 0.258 e. The molecule has 0 radical (unpaired) electrons. The summed E-state index contributed by atoms with van der Waals surface area (Å²) in [6.45, 7) is 0. The number of amides is 1. The highest BCUT2D eigenvalue weighted by molar-refractivity contribution is 7.89. The minimum absolute atomic E-state index is 0.0284. The molecule has 2 rings (SSSR count). The van der Waals surface area contributed by atoms with E-state index >= 15 is 0 Å². The number of hydrogen-bond donors (Lipinski definition) is 2. The van der Waals surface area contributed by atoms with Crippen molar-refractivity contribution in [2.45, 2.75) is 4.90 Å². The smallest absolute Gasteiger partial charge is 0.258 e. The first-order chi connectivity index (χ1) is 9.79. The fourth-order valence-corrected chi connectivity index (χ4v) is 2.53. The van der Waals surface area contributed by atoms with Crippen molar-refractivity contribution in [3.05, 3.63) is 58.9 Å². The number of carbonyl (C=O) groups excluding carboxylic acids is 1. The van der Waals surface area contributed by atoms with Gasteiger partial charge in [0.2, 0.25) is 10.0 Å². The minimum atomic E-state index is -4.01. The van der Waals surface area contributed by atoms with Crippen molar-refractivity contribution in [3.8, 4) is 0 Å². The van der Waals surface area contributed by atoms with Crippen molar-refractivity contribution < 1.29 is 17.6 Å². The maximum atomic E-state index is 13.6. The first-order valence-electron chi connectivity index (χ1n) is 5.67. The molecule has 8 heteroatoms. The second-order valence-corrected chi connectivity index (χ2v) is 6.09. The van der Waals surface area contributed by atoms with Crippen LogP contribution in [-0.4, -0.2) is 14.3 Å². The third kappa shape index (κ3) is 3.57. The predicted molar refractivity (Wildman–Crippen MR) is 77.2 cm³/mol. The Hall–Kier alpha value is -1.96. The van der Waals surface area contributed by atoms with Gasteiger partial charge in [-0.3, -0.25) is 4.79 Å². The number of benzene rings is 2. The third-order valence-corrected chi connectivity index (χ3v) is 3.82. The topological polar surface area (TPSA) is 89.3 Å². The van der Waals surface area contributed by atoms with E-state index in [4.69, 9.17) is 16.7 Å². The predicted octanol–water partition coefficient (Wildman–Crippen LogP) is 2.38. The van der Waals surface area contributed by atoms with Crippen LogP contribution in [0.5, 0.6) is 0 Å². The van der Waals surface area contributed by atoms with Gasteiger partial charge in [0.15, 0.2) is 0 Å². The first-order valence-corrected chi connectivity index (χ1v) is 7.59. The Balaban J connectivity index is 2.37. The molecule has 3 N–H and O–H groups in total. The molecule has 0 aromatic heterocycles. The van der Waals surface area contributed by atoms with Crippen LogP contribution in [-0.2, 0) is 10.0 Å². The lowest BCUT2D eigenvalue weighted by molar-refractivity contribution is 0.102. The Morgan fingerprint density at radius 2 is 1.86 bits per heavy atom. The number of rotatable bonds is 3. The lowest BCUT2D eigenvalue weighted by Crippen LogP contribution is -2.19. The van der Waals surface area contributed by atoms with Gasteiger partial charge in [0.25, 0.3) is 5.91 Å². The van der Waals surface area contributed by atoms with Crippen LogP contribution in [0.15, 0.2) is 47.4 Å². The van der Waals surface area contributed by atoms with Gasteiger partial charge in [0.1, 0.15) is 10.7 Å². The van der Waals surface area contributed by atoms with Gasteiger partial charge in [0.05, 0.1) is 11.3 Å². The van der Waals surface area contributed by atoms with E-state index in [9.17, 15) is 17.6 Å². The lowest BCUT2D eigenvalue weighted by Gasteiger charge is -2.10. The Bertz CT molecular complexity index is 809. The first kappa shape index (κ1) is 15.4. The quantitative estimate of drug-likeness (QED) is 0.906. The molecule has 0 heterocycles. The molecule has 21 heavy (non-hydrogen) atoms. The molecular formula is C13H10ClFN2O3S. The molecule has 0 bridgehead atoms. The molecule has 2 aromatic carbocycles. The standard InChI is InChI=1S/C13H10ClFN2O3S/c14-8-5-6-9(10(15)7-8)13(18)17-11-3-1-2-4-12(11)21(16,19)20/h1-7H,(H,17,18)(H2,16,19,20). The van der Waals surface area contributed by atoms with Crippen LogP contribution in [0.1, 0.15) is 10.4 Å².